The summed E-state index contributed by atoms with van der Waals surface area (Å²) in [5, 5.41) is 9.29. The van der Waals surface area contributed by atoms with Crippen LogP contribution in [0.25, 0.3) is 0 Å². The average Bonchev–Trinajstić information content (AvgIpc) is 2.66. The number of nitrogens with zero attached hydrogens (tertiary/aromatic N) is 1. The van der Waals surface area contributed by atoms with Crippen molar-refractivity contribution in [3.8, 4) is 0 Å². The van der Waals surface area contributed by atoms with Crippen LogP contribution < -0.4 is 4.72 Å². The van der Waals surface area contributed by atoms with Crippen molar-refractivity contribution in [2.24, 2.45) is 5.92 Å². The zero-order valence-corrected chi connectivity index (χ0v) is 16.8. The summed E-state index contributed by atoms with van der Waals surface area (Å²) in [4.78, 5) is 14.9. The van der Waals surface area contributed by atoms with E-state index in [0.717, 1.165) is 43.2 Å². The van der Waals surface area contributed by atoms with Gasteiger partial charge in [0.2, 0.25) is 15.9 Å². The van der Waals surface area contributed by atoms with Crippen molar-refractivity contribution in [3.05, 3.63) is 29.3 Å². The number of aliphatic hydroxyl groups is 1. The number of hydrogen-bond acceptors (Lipinski definition) is 4. The quantitative estimate of drug-likeness (QED) is 0.774. The van der Waals surface area contributed by atoms with E-state index in [1.165, 1.54) is 6.42 Å². The largest absolute Gasteiger partial charge is 0.393 e. The first-order valence-corrected chi connectivity index (χ1v) is 11.4. The summed E-state index contributed by atoms with van der Waals surface area (Å²) in [6.45, 7) is 3.03. The zero-order valence-electron chi connectivity index (χ0n) is 16.0. The summed E-state index contributed by atoms with van der Waals surface area (Å²) >= 11 is 0. The molecule has 1 aromatic rings. The number of aliphatic hydroxyl groups excluding tert-OH is 1. The van der Waals surface area contributed by atoms with Gasteiger partial charge in [0.25, 0.3) is 0 Å². The SMILES string of the molecule is C[C@@H](O)CCNS(=O)(=O)c1ccc2c(c1)CN(C(=O)C1CCCCC1)CC2. The molecule has 0 bridgehead atoms. The molecule has 1 saturated carbocycles. The van der Waals surface area contributed by atoms with Crippen molar-refractivity contribution < 1.29 is 18.3 Å². The van der Waals surface area contributed by atoms with Crippen LogP contribution in [0.4, 0.5) is 0 Å². The van der Waals surface area contributed by atoms with Gasteiger partial charge in [-0.25, -0.2) is 13.1 Å². The van der Waals surface area contributed by atoms with Gasteiger partial charge in [0, 0.05) is 25.6 Å². The molecular weight excluding hydrogens is 364 g/mol. The smallest absolute Gasteiger partial charge is 0.240 e. The molecule has 0 saturated heterocycles. The molecule has 1 fully saturated rings. The van der Waals surface area contributed by atoms with Gasteiger partial charge in [-0.2, -0.15) is 0 Å². The van der Waals surface area contributed by atoms with Crippen LogP contribution in [0.3, 0.4) is 0 Å². The average molecular weight is 395 g/mol. The van der Waals surface area contributed by atoms with Crippen LogP contribution in [0.2, 0.25) is 0 Å². The molecule has 2 N–H and O–H groups in total. The molecule has 1 aromatic carbocycles. The van der Waals surface area contributed by atoms with E-state index in [1.807, 2.05) is 11.0 Å². The van der Waals surface area contributed by atoms with Gasteiger partial charge >= 0.3 is 0 Å². The van der Waals surface area contributed by atoms with E-state index in [4.69, 9.17) is 0 Å². The van der Waals surface area contributed by atoms with E-state index in [0.29, 0.717) is 19.5 Å². The van der Waals surface area contributed by atoms with E-state index in [1.54, 1.807) is 19.1 Å². The van der Waals surface area contributed by atoms with Gasteiger partial charge in [-0.05, 0) is 55.9 Å². The second-order valence-electron chi connectivity index (χ2n) is 7.81. The second-order valence-corrected chi connectivity index (χ2v) is 9.58. The van der Waals surface area contributed by atoms with Crippen LogP contribution in [0.15, 0.2) is 23.1 Å². The fourth-order valence-electron chi connectivity index (χ4n) is 3.98. The first-order valence-electron chi connectivity index (χ1n) is 9.95. The van der Waals surface area contributed by atoms with Gasteiger partial charge in [0.1, 0.15) is 0 Å². The molecule has 150 valence electrons. The van der Waals surface area contributed by atoms with Gasteiger partial charge in [-0.3, -0.25) is 4.79 Å². The van der Waals surface area contributed by atoms with E-state index in [-0.39, 0.29) is 23.3 Å². The number of carbonyl (C=O) groups is 1. The molecule has 1 amide bonds. The summed E-state index contributed by atoms with van der Waals surface area (Å²) in [5.41, 5.74) is 2.04. The molecule has 1 heterocycles. The lowest BCUT2D eigenvalue weighted by atomic mass is 9.87. The minimum atomic E-state index is -3.61. The molecule has 7 heteroatoms. The Bertz CT molecular complexity index is 770. The fraction of sp³-hybridized carbons (Fsp3) is 0.650. The number of nitrogens with one attached hydrogen (secondary N) is 1. The summed E-state index contributed by atoms with van der Waals surface area (Å²) in [6, 6.07) is 5.18. The van der Waals surface area contributed by atoms with Crippen molar-refractivity contribution in [2.75, 3.05) is 13.1 Å². The molecule has 1 aliphatic carbocycles. The van der Waals surface area contributed by atoms with Crippen molar-refractivity contribution >= 4 is 15.9 Å². The standard InChI is InChI=1S/C20H30N2O4S/c1-15(23)9-11-21-27(25,26)19-8-7-16-10-12-22(14-18(16)13-19)20(24)17-5-3-2-4-6-17/h7-8,13,15,17,21,23H,2-6,9-12,14H2,1H3/t15-/m1/s1. The third-order valence-corrected chi connectivity index (χ3v) is 7.08. The normalized spacial score (nSPS) is 19.6. The summed E-state index contributed by atoms with van der Waals surface area (Å²) in [6.07, 6.45) is 6.01. The Hall–Kier alpha value is -1.44. The van der Waals surface area contributed by atoms with Gasteiger partial charge < -0.3 is 10.0 Å². The maximum Gasteiger partial charge on any atom is 0.240 e. The van der Waals surface area contributed by atoms with Gasteiger partial charge in [-0.15, -0.1) is 0 Å². The van der Waals surface area contributed by atoms with Crippen LogP contribution in [0, 0.1) is 5.92 Å². The zero-order chi connectivity index (χ0) is 19.4. The third kappa shape index (κ3) is 5.09. The molecule has 1 atom stereocenters. The molecular formula is C20H30N2O4S. The van der Waals surface area contributed by atoms with E-state index in [2.05, 4.69) is 4.72 Å². The number of benzene rings is 1. The highest BCUT2D eigenvalue weighted by molar-refractivity contribution is 7.89. The number of fused-ring (bicyclic) bond motifs is 1. The van der Waals surface area contributed by atoms with Crippen molar-refractivity contribution in [3.63, 3.8) is 0 Å². The Balaban J connectivity index is 1.70. The molecule has 1 aliphatic heterocycles. The highest BCUT2D eigenvalue weighted by atomic mass is 32.2. The fourth-order valence-corrected chi connectivity index (χ4v) is 5.08. The minimum absolute atomic E-state index is 0.134. The van der Waals surface area contributed by atoms with Crippen molar-refractivity contribution in [1.29, 1.82) is 0 Å². The molecule has 0 radical (unpaired) electrons. The number of hydrogen-bond donors (Lipinski definition) is 2. The molecule has 0 unspecified atom stereocenters. The Morgan fingerprint density at radius 1 is 1.26 bits per heavy atom. The van der Waals surface area contributed by atoms with E-state index >= 15 is 0 Å². The lowest BCUT2D eigenvalue weighted by molar-refractivity contribution is -0.137. The highest BCUT2D eigenvalue weighted by Crippen LogP contribution is 2.28. The Kier molecular flexibility index (Phi) is 6.55. The maximum atomic E-state index is 12.8. The Labute approximate surface area is 162 Å². The van der Waals surface area contributed by atoms with Crippen molar-refractivity contribution in [1.82, 2.24) is 9.62 Å². The molecule has 2 aliphatic rings. The first-order chi connectivity index (χ1) is 12.9. The number of sulfonamides is 1. The summed E-state index contributed by atoms with van der Waals surface area (Å²) in [5.74, 6) is 0.359. The Morgan fingerprint density at radius 3 is 2.70 bits per heavy atom. The molecule has 0 spiro atoms. The number of rotatable bonds is 6. The predicted molar refractivity (Wildman–Crippen MR) is 104 cm³/mol. The van der Waals surface area contributed by atoms with Crippen LogP contribution in [-0.4, -0.2) is 43.5 Å². The van der Waals surface area contributed by atoms with E-state index < -0.39 is 16.1 Å². The predicted octanol–water partition coefficient (Wildman–Crippen LogP) is 2.20. The third-order valence-electron chi connectivity index (χ3n) is 5.62. The Morgan fingerprint density at radius 2 is 2.00 bits per heavy atom. The van der Waals surface area contributed by atoms with Crippen LogP contribution >= 0.6 is 0 Å². The van der Waals surface area contributed by atoms with Crippen molar-refractivity contribution in [2.45, 2.75) is 69.4 Å². The van der Waals surface area contributed by atoms with Gasteiger partial charge in [0.15, 0.2) is 0 Å². The summed E-state index contributed by atoms with van der Waals surface area (Å²) < 4.78 is 27.5. The molecule has 3 rings (SSSR count). The monoisotopic (exact) mass is 394 g/mol. The van der Waals surface area contributed by atoms with Gasteiger partial charge in [-0.1, -0.05) is 25.3 Å². The summed E-state index contributed by atoms with van der Waals surface area (Å²) in [7, 11) is -3.61. The first kappa shape index (κ1) is 20.3. The van der Waals surface area contributed by atoms with E-state index in [9.17, 15) is 18.3 Å². The number of carbonyl (C=O) groups excluding carboxylic acids is 1. The second kappa shape index (κ2) is 8.71. The lowest BCUT2D eigenvalue weighted by Gasteiger charge is -2.33. The topological polar surface area (TPSA) is 86.7 Å². The lowest BCUT2D eigenvalue weighted by Crippen LogP contribution is -2.40. The van der Waals surface area contributed by atoms with Gasteiger partial charge in [0.05, 0.1) is 11.0 Å². The van der Waals surface area contributed by atoms with Crippen LogP contribution in [0.5, 0.6) is 0 Å². The minimum Gasteiger partial charge on any atom is -0.393 e. The highest BCUT2D eigenvalue weighted by Gasteiger charge is 2.29. The molecule has 0 aromatic heterocycles. The number of amides is 1. The van der Waals surface area contributed by atoms with Crippen LogP contribution in [0.1, 0.15) is 56.6 Å². The molecule has 27 heavy (non-hydrogen) atoms. The maximum absolute atomic E-state index is 12.8. The molecule has 6 nitrogen and oxygen atoms in total. The van der Waals surface area contributed by atoms with Crippen LogP contribution in [-0.2, 0) is 27.8 Å².